The van der Waals surface area contributed by atoms with Crippen LogP contribution < -0.4 is 9.80 Å². The quantitative estimate of drug-likeness (QED) is 0.743. The van der Waals surface area contributed by atoms with Gasteiger partial charge in [0.1, 0.15) is 5.75 Å². The molecule has 1 aromatic heterocycles. The highest BCUT2D eigenvalue weighted by Crippen LogP contribution is 2.35. The minimum Gasteiger partial charge on any atom is -0.508 e. The van der Waals surface area contributed by atoms with E-state index >= 15 is 0 Å². The largest absolute Gasteiger partial charge is 0.508 e. The van der Waals surface area contributed by atoms with Gasteiger partial charge < -0.3 is 14.7 Å². The van der Waals surface area contributed by atoms with E-state index in [1.54, 1.807) is 35.4 Å². The number of carbonyl (C=O) groups is 1. The van der Waals surface area contributed by atoms with Crippen LogP contribution in [0.1, 0.15) is 5.69 Å². The number of nitrogens with zero attached hydrogens (tertiary/aromatic N) is 4. The average molecular weight is 388 g/mol. The molecule has 0 radical (unpaired) electrons. The van der Waals surface area contributed by atoms with Crippen molar-refractivity contribution in [1.82, 2.24) is 9.97 Å². The third-order valence-corrected chi connectivity index (χ3v) is 5.25. The molecule has 1 N–H and O–H groups in total. The van der Waals surface area contributed by atoms with Gasteiger partial charge in [-0.3, -0.25) is 14.7 Å². The van der Waals surface area contributed by atoms with Crippen LogP contribution in [0.25, 0.3) is 11.3 Å². The van der Waals surface area contributed by atoms with Crippen molar-refractivity contribution in [3.63, 3.8) is 0 Å². The van der Waals surface area contributed by atoms with Crippen LogP contribution in [-0.2, 0) is 16.0 Å². The van der Waals surface area contributed by atoms with Gasteiger partial charge in [0, 0.05) is 24.3 Å². The van der Waals surface area contributed by atoms with Crippen molar-refractivity contribution in [2.24, 2.45) is 0 Å². The van der Waals surface area contributed by atoms with Gasteiger partial charge in [-0.15, -0.1) is 0 Å². The summed E-state index contributed by atoms with van der Waals surface area (Å²) in [6.45, 7) is 3.28. The van der Waals surface area contributed by atoms with E-state index in [2.05, 4.69) is 22.0 Å². The normalized spacial score (nSPS) is 16.2. The number of fused-ring (bicyclic) bond motifs is 1. The van der Waals surface area contributed by atoms with Crippen LogP contribution in [-0.4, -0.2) is 47.3 Å². The van der Waals surface area contributed by atoms with E-state index in [1.807, 2.05) is 12.1 Å². The van der Waals surface area contributed by atoms with Crippen molar-refractivity contribution in [3.05, 3.63) is 60.4 Å². The smallest absolute Gasteiger partial charge is 0.238 e. The molecule has 2 aromatic carbocycles. The van der Waals surface area contributed by atoms with Crippen LogP contribution in [0.5, 0.6) is 5.75 Å². The highest BCUT2D eigenvalue weighted by atomic mass is 16.5. The maximum absolute atomic E-state index is 12.6. The van der Waals surface area contributed by atoms with Crippen molar-refractivity contribution in [2.75, 3.05) is 36.1 Å². The first kappa shape index (κ1) is 17.6. The molecule has 7 nitrogen and oxygen atoms in total. The molecule has 0 bridgehead atoms. The molecule has 0 unspecified atom stereocenters. The van der Waals surface area contributed by atoms with Gasteiger partial charge in [0.05, 0.1) is 42.9 Å². The number of phenols is 1. The maximum Gasteiger partial charge on any atom is 0.238 e. The second-order valence-electron chi connectivity index (χ2n) is 7.09. The summed E-state index contributed by atoms with van der Waals surface area (Å²) in [6, 6.07) is 14.7. The summed E-state index contributed by atoms with van der Waals surface area (Å²) in [5, 5.41) is 9.53. The molecule has 0 aliphatic carbocycles. The van der Waals surface area contributed by atoms with E-state index in [9.17, 15) is 9.90 Å². The van der Waals surface area contributed by atoms with Gasteiger partial charge in [-0.1, -0.05) is 12.1 Å². The number of anilines is 3. The van der Waals surface area contributed by atoms with Crippen molar-refractivity contribution >= 4 is 23.1 Å². The molecule has 5 rings (SSSR count). The molecule has 3 heterocycles. The molecule has 1 fully saturated rings. The highest BCUT2D eigenvalue weighted by Gasteiger charge is 2.31. The van der Waals surface area contributed by atoms with Crippen LogP contribution >= 0.6 is 0 Å². The molecule has 0 saturated carbocycles. The minimum atomic E-state index is -0.0782. The molecule has 3 aromatic rings. The van der Waals surface area contributed by atoms with Crippen LogP contribution in [0, 0.1) is 0 Å². The minimum absolute atomic E-state index is 0.0782. The zero-order valence-electron chi connectivity index (χ0n) is 15.8. The standard InChI is InChI=1S/C22H20N4O3/c27-18-7-5-17(6-8-18)26-21(28)13-19-22(26)24-20(14-23-19)15-1-3-16(4-2-15)25-9-11-29-12-10-25/h1-8,14,27H,9-13H2. The maximum atomic E-state index is 12.6. The second kappa shape index (κ2) is 7.18. The van der Waals surface area contributed by atoms with Gasteiger partial charge in [-0.25, -0.2) is 4.98 Å². The number of hydrogen-bond donors (Lipinski definition) is 1. The number of ether oxygens (including phenoxy) is 1. The third-order valence-electron chi connectivity index (χ3n) is 5.25. The Morgan fingerprint density at radius 2 is 1.62 bits per heavy atom. The molecular formula is C22H20N4O3. The zero-order chi connectivity index (χ0) is 19.8. The molecule has 0 spiro atoms. The molecule has 0 atom stereocenters. The predicted octanol–water partition coefficient (Wildman–Crippen LogP) is 2.91. The second-order valence-corrected chi connectivity index (χ2v) is 7.09. The van der Waals surface area contributed by atoms with Gasteiger partial charge in [-0.2, -0.15) is 0 Å². The molecule has 29 heavy (non-hydrogen) atoms. The lowest BCUT2D eigenvalue weighted by Gasteiger charge is -2.28. The van der Waals surface area contributed by atoms with Crippen LogP contribution in [0.2, 0.25) is 0 Å². The van der Waals surface area contributed by atoms with E-state index in [0.29, 0.717) is 17.2 Å². The van der Waals surface area contributed by atoms with Crippen LogP contribution in [0.15, 0.2) is 54.7 Å². The summed E-state index contributed by atoms with van der Waals surface area (Å²) in [4.78, 5) is 25.6. The first-order valence-corrected chi connectivity index (χ1v) is 9.60. The fraction of sp³-hybridized carbons (Fsp3) is 0.227. The summed E-state index contributed by atoms with van der Waals surface area (Å²) in [5.74, 6) is 0.627. The number of aromatic nitrogens is 2. The lowest BCUT2D eigenvalue weighted by atomic mass is 10.1. The van der Waals surface area contributed by atoms with Crippen LogP contribution in [0.3, 0.4) is 0 Å². The van der Waals surface area contributed by atoms with Gasteiger partial charge >= 0.3 is 0 Å². The van der Waals surface area contributed by atoms with Crippen molar-refractivity contribution in [3.8, 4) is 17.0 Å². The fourth-order valence-electron chi connectivity index (χ4n) is 3.72. The fourth-order valence-corrected chi connectivity index (χ4v) is 3.72. The van der Waals surface area contributed by atoms with Crippen molar-refractivity contribution in [1.29, 1.82) is 0 Å². The summed E-state index contributed by atoms with van der Waals surface area (Å²) in [7, 11) is 0. The average Bonchev–Trinajstić information content (AvgIpc) is 3.10. The molecule has 1 amide bonds. The van der Waals surface area contributed by atoms with Crippen LogP contribution in [0.4, 0.5) is 17.2 Å². The summed E-state index contributed by atoms with van der Waals surface area (Å²) < 4.78 is 5.41. The molecule has 7 heteroatoms. The highest BCUT2D eigenvalue weighted by molar-refractivity contribution is 6.05. The topological polar surface area (TPSA) is 78.8 Å². The van der Waals surface area contributed by atoms with Gasteiger partial charge in [0.15, 0.2) is 5.82 Å². The Morgan fingerprint density at radius 1 is 0.931 bits per heavy atom. The Hall–Kier alpha value is -3.45. The monoisotopic (exact) mass is 388 g/mol. The number of amides is 1. The number of aromatic hydroxyl groups is 1. The first-order valence-electron chi connectivity index (χ1n) is 9.60. The summed E-state index contributed by atoms with van der Waals surface area (Å²) in [6.07, 6.45) is 1.94. The van der Waals surface area contributed by atoms with Crippen molar-refractivity contribution in [2.45, 2.75) is 6.42 Å². The van der Waals surface area contributed by atoms with E-state index in [0.717, 1.165) is 43.2 Å². The SMILES string of the molecule is O=C1Cc2ncc(-c3ccc(N4CCOCC4)cc3)nc2N1c1ccc(O)cc1. The third kappa shape index (κ3) is 3.30. The number of benzene rings is 2. The van der Waals surface area contributed by atoms with E-state index < -0.39 is 0 Å². The molecule has 1 saturated heterocycles. The zero-order valence-corrected chi connectivity index (χ0v) is 15.8. The number of rotatable bonds is 3. The van der Waals surface area contributed by atoms with E-state index in [4.69, 9.17) is 9.72 Å². The lowest BCUT2D eigenvalue weighted by Crippen LogP contribution is -2.36. The Kier molecular flexibility index (Phi) is 4.37. The van der Waals surface area contributed by atoms with E-state index in [1.165, 1.54) is 0 Å². The Morgan fingerprint density at radius 3 is 2.34 bits per heavy atom. The summed E-state index contributed by atoms with van der Waals surface area (Å²) >= 11 is 0. The Bertz CT molecular complexity index is 1040. The van der Waals surface area contributed by atoms with Gasteiger partial charge in [-0.05, 0) is 36.4 Å². The number of hydrogen-bond acceptors (Lipinski definition) is 6. The Labute approximate surface area is 168 Å². The Balaban J connectivity index is 1.46. The number of carbonyl (C=O) groups excluding carboxylic acids is 1. The number of morpholine rings is 1. The lowest BCUT2D eigenvalue weighted by molar-refractivity contribution is -0.116. The molecule has 146 valence electrons. The van der Waals surface area contributed by atoms with E-state index in [-0.39, 0.29) is 18.1 Å². The summed E-state index contributed by atoms with van der Waals surface area (Å²) in [5.41, 5.74) is 4.16. The number of phenolic OH excluding ortho intramolecular Hbond substituents is 1. The molecule has 2 aliphatic heterocycles. The van der Waals surface area contributed by atoms with Crippen molar-refractivity contribution < 1.29 is 14.6 Å². The predicted molar refractivity (Wildman–Crippen MR) is 109 cm³/mol. The molecule has 2 aliphatic rings. The molecular weight excluding hydrogens is 368 g/mol. The first-order chi connectivity index (χ1) is 14.2. The van der Waals surface area contributed by atoms with Gasteiger partial charge in [0.25, 0.3) is 0 Å². The van der Waals surface area contributed by atoms with Gasteiger partial charge in [0.2, 0.25) is 5.91 Å².